The number of nitrogens with zero attached hydrogens (tertiary/aromatic N) is 5. The lowest BCUT2D eigenvalue weighted by Gasteiger charge is -2.32. The van der Waals surface area contributed by atoms with Crippen LogP contribution in [-0.2, 0) is 12.7 Å². The molecule has 13 heteroatoms. The highest BCUT2D eigenvalue weighted by atomic mass is 19.4. The summed E-state index contributed by atoms with van der Waals surface area (Å²) in [7, 11) is 2.05. The van der Waals surface area contributed by atoms with E-state index in [4.69, 9.17) is 10.5 Å². The molecule has 4 aromatic rings. The Kier molecular flexibility index (Phi) is 7.90. The molecule has 41 heavy (non-hydrogen) atoms. The van der Waals surface area contributed by atoms with Crippen LogP contribution in [0.5, 0.6) is 11.5 Å². The normalized spacial score (nSPS) is 14.7. The number of alkyl halides is 3. The Morgan fingerprint density at radius 3 is 2.46 bits per heavy atom. The number of piperazine rings is 1. The number of nitrogen functional groups attached to an aromatic ring is 1. The predicted molar refractivity (Wildman–Crippen MR) is 144 cm³/mol. The van der Waals surface area contributed by atoms with Gasteiger partial charge in [-0.05, 0) is 37.4 Å². The molecule has 9 nitrogen and oxygen atoms in total. The SMILES string of the molecule is CN1CCN(Cc2c(Oc3ccc(NC(=O)c4cnn(-c5ccccc5)c4C(F)(F)F)cc3F)ccnc2N)CC1. The molecule has 2 aromatic carbocycles. The topological polar surface area (TPSA) is 102 Å². The van der Waals surface area contributed by atoms with Gasteiger partial charge in [0.25, 0.3) is 5.91 Å². The molecule has 0 atom stereocenters. The van der Waals surface area contributed by atoms with Gasteiger partial charge in [-0.3, -0.25) is 9.69 Å². The lowest BCUT2D eigenvalue weighted by Crippen LogP contribution is -2.44. The fourth-order valence-corrected chi connectivity index (χ4v) is 4.50. The number of amides is 1. The summed E-state index contributed by atoms with van der Waals surface area (Å²) in [6.45, 7) is 3.92. The first-order chi connectivity index (χ1) is 19.6. The van der Waals surface area contributed by atoms with Gasteiger partial charge in [-0.15, -0.1) is 0 Å². The molecule has 3 heterocycles. The van der Waals surface area contributed by atoms with Gasteiger partial charge in [0.1, 0.15) is 11.6 Å². The molecule has 1 amide bonds. The van der Waals surface area contributed by atoms with E-state index < -0.39 is 29.2 Å². The molecule has 1 fully saturated rings. The van der Waals surface area contributed by atoms with Crippen LogP contribution in [0.1, 0.15) is 21.6 Å². The van der Waals surface area contributed by atoms with E-state index in [-0.39, 0.29) is 22.9 Å². The maximum absolute atomic E-state index is 15.1. The van der Waals surface area contributed by atoms with Crippen LogP contribution in [-0.4, -0.2) is 63.7 Å². The summed E-state index contributed by atoms with van der Waals surface area (Å²) < 4.78 is 63.4. The van der Waals surface area contributed by atoms with Gasteiger partial charge in [0.2, 0.25) is 0 Å². The second-order valence-corrected chi connectivity index (χ2v) is 9.61. The number of pyridine rings is 1. The third-order valence-electron chi connectivity index (χ3n) is 6.72. The number of hydrogen-bond acceptors (Lipinski definition) is 7. The number of rotatable bonds is 7. The van der Waals surface area contributed by atoms with Crippen molar-refractivity contribution in [2.75, 3.05) is 44.3 Å². The molecule has 5 rings (SSSR count). The number of nitrogens with one attached hydrogen (secondary N) is 1. The van der Waals surface area contributed by atoms with Crippen molar-refractivity contribution in [3.63, 3.8) is 0 Å². The fraction of sp³-hybridized carbons (Fsp3) is 0.250. The van der Waals surface area contributed by atoms with Crippen molar-refractivity contribution in [2.45, 2.75) is 12.7 Å². The van der Waals surface area contributed by atoms with Crippen LogP contribution in [0.2, 0.25) is 0 Å². The number of para-hydroxylation sites is 1. The van der Waals surface area contributed by atoms with Gasteiger partial charge in [-0.2, -0.15) is 18.3 Å². The van der Waals surface area contributed by atoms with E-state index in [9.17, 15) is 18.0 Å². The molecule has 214 valence electrons. The van der Waals surface area contributed by atoms with Gasteiger partial charge >= 0.3 is 6.18 Å². The Bertz CT molecular complexity index is 1530. The van der Waals surface area contributed by atoms with E-state index in [0.717, 1.165) is 38.4 Å². The maximum Gasteiger partial charge on any atom is 0.434 e. The molecule has 0 radical (unpaired) electrons. The van der Waals surface area contributed by atoms with E-state index in [1.54, 1.807) is 24.3 Å². The van der Waals surface area contributed by atoms with Crippen LogP contribution in [0.3, 0.4) is 0 Å². The summed E-state index contributed by atoms with van der Waals surface area (Å²) in [5, 5.41) is 6.09. The summed E-state index contributed by atoms with van der Waals surface area (Å²) in [5.41, 5.74) is 4.85. The Hall–Kier alpha value is -4.49. The van der Waals surface area contributed by atoms with Gasteiger partial charge in [-0.1, -0.05) is 18.2 Å². The number of anilines is 2. The van der Waals surface area contributed by atoms with Crippen molar-refractivity contribution < 1.29 is 27.1 Å². The van der Waals surface area contributed by atoms with E-state index in [0.29, 0.717) is 22.5 Å². The summed E-state index contributed by atoms with van der Waals surface area (Å²) in [6, 6.07) is 12.8. The average Bonchev–Trinajstić information content (AvgIpc) is 3.40. The van der Waals surface area contributed by atoms with Crippen LogP contribution >= 0.6 is 0 Å². The van der Waals surface area contributed by atoms with Crippen molar-refractivity contribution in [3.05, 3.63) is 89.6 Å². The number of nitrogens with two attached hydrogens (primary N) is 1. The van der Waals surface area contributed by atoms with Crippen LogP contribution in [0.4, 0.5) is 29.1 Å². The van der Waals surface area contributed by atoms with Gasteiger partial charge in [0, 0.05) is 50.7 Å². The van der Waals surface area contributed by atoms with Crippen LogP contribution in [0.25, 0.3) is 5.69 Å². The lowest BCUT2D eigenvalue weighted by atomic mass is 10.2. The molecule has 2 aromatic heterocycles. The van der Waals surface area contributed by atoms with Crippen molar-refractivity contribution >= 4 is 17.4 Å². The molecular formula is C28H27F4N7O2. The van der Waals surface area contributed by atoms with Crippen LogP contribution in [0, 0.1) is 5.82 Å². The molecule has 0 aliphatic carbocycles. The first-order valence-electron chi connectivity index (χ1n) is 12.7. The zero-order valence-electron chi connectivity index (χ0n) is 22.0. The van der Waals surface area contributed by atoms with Gasteiger partial charge in [-0.25, -0.2) is 14.1 Å². The van der Waals surface area contributed by atoms with Gasteiger partial charge in [0.15, 0.2) is 17.3 Å². The van der Waals surface area contributed by atoms with Crippen molar-refractivity contribution in [3.8, 4) is 17.2 Å². The number of carbonyl (C=O) groups excluding carboxylic acids is 1. The zero-order chi connectivity index (χ0) is 29.1. The minimum Gasteiger partial charge on any atom is -0.454 e. The smallest absolute Gasteiger partial charge is 0.434 e. The van der Waals surface area contributed by atoms with E-state index >= 15 is 4.39 Å². The molecule has 3 N–H and O–H groups in total. The average molecular weight is 570 g/mol. The molecule has 0 saturated carbocycles. The summed E-state index contributed by atoms with van der Waals surface area (Å²) in [4.78, 5) is 21.4. The lowest BCUT2D eigenvalue weighted by molar-refractivity contribution is -0.143. The second-order valence-electron chi connectivity index (χ2n) is 9.61. The fourth-order valence-electron chi connectivity index (χ4n) is 4.50. The number of aromatic nitrogens is 3. The van der Waals surface area contributed by atoms with Crippen LogP contribution < -0.4 is 15.8 Å². The Balaban J connectivity index is 1.34. The van der Waals surface area contributed by atoms with Crippen molar-refractivity contribution in [1.82, 2.24) is 24.6 Å². The molecule has 1 saturated heterocycles. The van der Waals surface area contributed by atoms with Gasteiger partial charge < -0.3 is 20.7 Å². The van der Waals surface area contributed by atoms with E-state index in [1.165, 1.54) is 30.5 Å². The highest BCUT2D eigenvalue weighted by molar-refractivity contribution is 6.05. The number of likely N-dealkylation sites (N-methyl/N-ethyl adjacent to an activating group) is 1. The van der Waals surface area contributed by atoms with E-state index in [2.05, 4.69) is 25.2 Å². The molecular weight excluding hydrogens is 542 g/mol. The highest BCUT2D eigenvalue weighted by Crippen LogP contribution is 2.35. The standard InChI is InChI=1S/C28H27F4N7O2/c1-37-11-13-38(14-12-37)17-21-23(9-10-34-26(21)33)41-24-8-7-18(15-22(24)29)36-27(40)20-16-35-39(25(20)28(30,31)32)19-5-3-2-4-6-19/h2-10,15-16H,11-14,17H2,1H3,(H2,33,34)(H,36,40). The quantitative estimate of drug-likeness (QED) is 0.309. The second kappa shape index (κ2) is 11.6. The van der Waals surface area contributed by atoms with Crippen molar-refractivity contribution in [1.29, 1.82) is 0 Å². The first-order valence-corrected chi connectivity index (χ1v) is 12.7. The molecule has 1 aliphatic heterocycles. The molecule has 1 aliphatic rings. The highest BCUT2D eigenvalue weighted by Gasteiger charge is 2.40. The predicted octanol–water partition coefficient (Wildman–Crippen LogP) is 4.80. The molecule has 0 bridgehead atoms. The third-order valence-corrected chi connectivity index (χ3v) is 6.72. The van der Waals surface area contributed by atoms with E-state index in [1.807, 2.05) is 7.05 Å². The monoisotopic (exact) mass is 569 g/mol. The Morgan fingerprint density at radius 2 is 1.78 bits per heavy atom. The number of hydrogen-bond donors (Lipinski definition) is 2. The Labute approximate surface area is 233 Å². The minimum absolute atomic E-state index is 0.0627. The number of carbonyl (C=O) groups is 1. The summed E-state index contributed by atoms with van der Waals surface area (Å²) >= 11 is 0. The minimum atomic E-state index is -4.88. The van der Waals surface area contributed by atoms with Gasteiger partial charge in [0.05, 0.1) is 23.0 Å². The number of ether oxygens (including phenoxy) is 1. The van der Waals surface area contributed by atoms with Crippen molar-refractivity contribution in [2.24, 2.45) is 0 Å². The maximum atomic E-state index is 15.1. The van der Waals surface area contributed by atoms with Crippen LogP contribution in [0.15, 0.2) is 67.0 Å². The zero-order valence-corrected chi connectivity index (χ0v) is 22.0. The summed E-state index contributed by atoms with van der Waals surface area (Å²) in [6.07, 6.45) is -2.59. The Morgan fingerprint density at radius 1 is 1.05 bits per heavy atom. The number of benzene rings is 2. The third kappa shape index (κ3) is 6.31. The largest absolute Gasteiger partial charge is 0.454 e. The number of halogens is 4. The molecule has 0 spiro atoms. The summed E-state index contributed by atoms with van der Waals surface area (Å²) in [5.74, 6) is -1.48. The first kappa shape index (κ1) is 28.1. The molecule has 0 unspecified atom stereocenters.